The van der Waals surface area contributed by atoms with Crippen molar-refractivity contribution in [3.8, 4) is 16.9 Å². The summed E-state index contributed by atoms with van der Waals surface area (Å²) < 4.78 is 16.7. The number of hydrogen-bond acceptors (Lipinski definition) is 2. The van der Waals surface area contributed by atoms with Crippen molar-refractivity contribution in [2.45, 2.75) is 13.5 Å². The van der Waals surface area contributed by atoms with Gasteiger partial charge < -0.3 is 9.47 Å². The van der Waals surface area contributed by atoms with Crippen molar-refractivity contribution >= 4 is 11.6 Å². The molecule has 146 valence electrons. The first-order valence-corrected chi connectivity index (χ1v) is 10.0. The minimum absolute atomic E-state index is 0.223. The molecule has 3 aromatic rings. The van der Waals surface area contributed by atoms with Crippen molar-refractivity contribution in [3.63, 3.8) is 0 Å². The Morgan fingerprint density at radius 3 is 2.36 bits per heavy atom. The first-order valence-electron chi connectivity index (χ1n) is 9.66. The summed E-state index contributed by atoms with van der Waals surface area (Å²) in [5.41, 5.74) is 4.63. The zero-order chi connectivity index (χ0) is 19.7. The Labute approximate surface area is 171 Å². The number of benzene rings is 2. The third-order valence-corrected chi connectivity index (χ3v) is 5.90. The summed E-state index contributed by atoms with van der Waals surface area (Å²) in [5, 5.41) is 0.657. The lowest BCUT2D eigenvalue weighted by Crippen LogP contribution is -2.43. The van der Waals surface area contributed by atoms with E-state index in [1.54, 1.807) is 6.07 Å². The summed E-state index contributed by atoms with van der Waals surface area (Å²) in [6.45, 7) is 7.19. The average Bonchev–Trinajstić information content (AvgIpc) is 3.00. The maximum absolute atomic E-state index is 14.7. The molecule has 0 unspecified atom stereocenters. The van der Waals surface area contributed by atoms with Gasteiger partial charge in [-0.2, -0.15) is 0 Å². The third kappa shape index (κ3) is 3.72. The van der Waals surface area contributed by atoms with Gasteiger partial charge in [0.2, 0.25) is 0 Å². The van der Waals surface area contributed by atoms with Crippen LogP contribution in [0.5, 0.6) is 0 Å². The van der Waals surface area contributed by atoms with Crippen LogP contribution in [-0.2, 0) is 6.54 Å². The molecule has 0 N–H and O–H groups in total. The molecule has 2 heterocycles. The molecule has 3 nitrogen and oxygen atoms in total. The van der Waals surface area contributed by atoms with E-state index in [2.05, 4.69) is 34.4 Å². The number of likely N-dealkylation sites (N-methyl/N-ethyl adjacent to an activating group) is 1. The molecule has 1 saturated heterocycles. The van der Waals surface area contributed by atoms with Crippen LogP contribution in [0.2, 0.25) is 5.02 Å². The molecule has 0 bridgehead atoms. The van der Waals surface area contributed by atoms with Crippen LogP contribution in [0.25, 0.3) is 16.9 Å². The van der Waals surface area contributed by atoms with Gasteiger partial charge in [-0.1, -0.05) is 35.9 Å². The fraction of sp³-hybridized carbons (Fsp3) is 0.304. The summed E-state index contributed by atoms with van der Waals surface area (Å²) in [5.74, 6) is -0.223. The van der Waals surface area contributed by atoms with Gasteiger partial charge in [0.25, 0.3) is 0 Å². The third-order valence-electron chi connectivity index (χ3n) is 5.58. The second-order valence-electron chi connectivity index (χ2n) is 7.49. The topological polar surface area (TPSA) is 11.4 Å². The number of piperazine rings is 1. The van der Waals surface area contributed by atoms with E-state index >= 15 is 0 Å². The van der Waals surface area contributed by atoms with Gasteiger partial charge in [0.05, 0.1) is 16.4 Å². The largest absolute Gasteiger partial charge is 0.312 e. The number of rotatable bonds is 4. The molecule has 5 heteroatoms. The minimum atomic E-state index is -0.223. The summed E-state index contributed by atoms with van der Waals surface area (Å²) in [6, 6.07) is 16.8. The van der Waals surface area contributed by atoms with E-state index in [4.69, 9.17) is 11.6 Å². The highest BCUT2D eigenvalue weighted by atomic mass is 35.5. The molecule has 0 spiro atoms. The van der Waals surface area contributed by atoms with E-state index in [-0.39, 0.29) is 5.82 Å². The van der Waals surface area contributed by atoms with Gasteiger partial charge in [-0.05, 0) is 49.9 Å². The molecular formula is C23H25ClFN3. The van der Waals surface area contributed by atoms with E-state index in [0.29, 0.717) is 10.6 Å². The molecule has 4 rings (SSSR count). The first-order chi connectivity index (χ1) is 13.5. The van der Waals surface area contributed by atoms with Crippen LogP contribution >= 0.6 is 11.6 Å². The maximum Gasteiger partial charge on any atom is 0.132 e. The van der Waals surface area contributed by atoms with Crippen molar-refractivity contribution < 1.29 is 4.39 Å². The fourth-order valence-corrected chi connectivity index (χ4v) is 4.10. The average molecular weight is 398 g/mol. The first kappa shape index (κ1) is 19.2. The van der Waals surface area contributed by atoms with Crippen LogP contribution in [0.15, 0.2) is 54.6 Å². The number of para-hydroxylation sites is 1. The van der Waals surface area contributed by atoms with Crippen LogP contribution in [0, 0.1) is 12.7 Å². The number of nitrogens with zero attached hydrogens (tertiary/aromatic N) is 3. The number of halogens is 2. The van der Waals surface area contributed by atoms with Crippen molar-refractivity contribution in [2.75, 3.05) is 33.2 Å². The lowest BCUT2D eigenvalue weighted by molar-refractivity contribution is 0.148. The van der Waals surface area contributed by atoms with Gasteiger partial charge in [0.1, 0.15) is 5.82 Å². The zero-order valence-electron chi connectivity index (χ0n) is 16.3. The van der Waals surface area contributed by atoms with Crippen LogP contribution in [0.3, 0.4) is 0 Å². The lowest BCUT2D eigenvalue weighted by atomic mass is 10.1. The normalized spacial score (nSPS) is 15.9. The van der Waals surface area contributed by atoms with E-state index in [1.165, 1.54) is 11.6 Å². The predicted octanol–water partition coefficient (Wildman–Crippen LogP) is 4.99. The quantitative estimate of drug-likeness (QED) is 0.614. The molecule has 1 fully saturated rings. The molecule has 2 aromatic carbocycles. The standard InChI is InChI=1S/C23H25ClFN3/c1-17-18(16-27-13-11-26(2)12-14-27)15-23(19-7-3-5-9-21(19)25)28(17)22-10-6-4-8-20(22)24/h3-10,15H,11-14,16H2,1-2H3. The highest BCUT2D eigenvalue weighted by Crippen LogP contribution is 2.34. The maximum atomic E-state index is 14.7. The molecule has 0 saturated carbocycles. The monoisotopic (exact) mass is 397 g/mol. The molecule has 1 aliphatic heterocycles. The van der Waals surface area contributed by atoms with Gasteiger partial charge in [-0.25, -0.2) is 4.39 Å². The fourth-order valence-electron chi connectivity index (χ4n) is 3.88. The molecule has 1 aromatic heterocycles. The van der Waals surface area contributed by atoms with E-state index < -0.39 is 0 Å². The van der Waals surface area contributed by atoms with Crippen molar-refractivity contribution in [2.24, 2.45) is 0 Å². The van der Waals surface area contributed by atoms with E-state index in [0.717, 1.165) is 49.8 Å². The molecule has 0 atom stereocenters. The Balaban J connectivity index is 1.80. The van der Waals surface area contributed by atoms with Gasteiger partial charge in [-0.3, -0.25) is 4.90 Å². The molecular weight excluding hydrogens is 373 g/mol. The summed E-state index contributed by atoms with van der Waals surface area (Å²) in [6.07, 6.45) is 0. The van der Waals surface area contributed by atoms with Gasteiger partial charge in [0, 0.05) is 44.0 Å². The Morgan fingerprint density at radius 1 is 0.964 bits per heavy atom. The zero-order valence-corrected chi connectivity index (χ0v) is 17.1. The highest BCUT2D eigenvalue weighted by Gasteiger charge is 2.21. The summed E-state index contributed by atoms with van der Waals surface area (Å²) >= 11 is 6.52. The van der Waals surface area contributed by atoms with Crippen molar-refractivity contribution in [3.05, 3.63) is 76.7 Å². The highest BCUT2D eigenvalue weighted by molar-refractivity contribution is 6.32. The number of aromatic nitrogens is 1. The minimum Gasteiger partial charge on any atom is -0.312 e. The Hall–Kier alpha value is -2.14. The van der Waals surface area contributed by atoms with Gasteiger partial charge >= 0.3 is 0 Å². The second kappa shape index (κ2) is 8.08. The van der Waals surface area contributed by atoms with Gasteiger partial charge in [-0.15, -0.1) is 0 Å². The SMILES string of the molecule is Cc1c(CN2CCN(C)CC2)cc(-c2ccccc2F)n1-c1ccccc1Cl. The van der Waals surface area contributed by atoms with Gasteiger partial charge in [0.15, 0.2) is 0 Å². The molecule has 1 aliphatic rings. The summed E-state index contributed by atoms with van der Waals surface area (Å²) in [4.78, 5) is 4.81. The Morgan fingerprint density at radius 2 is 1.64 bits per heavy atom. The van der Waals surface area contributed by atoms with Crippen LogP contribution in [0.1, 0.15) is 11.3 Å². The van der Waals surface area contributed by atoms with Crippen LogP contribution < -0.4 is 0 Å². The molecule has 0 amide bonds. The smallest absolute Gasteiger partial charge is 0.132 e. The summed E-state index contributed by atoms with van der Waals surface area (Å²) in [7, 11) is 2.16. The molecule has 0 radical (unpaired) electrons. The van der Waals surface area contributed by atoms with Crippen LogP contribution in [0.4, 0.5) is 4.39 Å². The molecule has 0 aliphatic carbocycles. The van der Waals surface area contributed by atoms with E-state index in [9.17, 15) is 4.39 Å². The Kier molecular flexibility index (Phi) is 5.54. The van der Waals surface area contributed by atoms with E-state index in [1.807, 2.05) is 36.4 Å². The van der Waals surface area contributed by atoms with Crippen molar-refractivity contribution in [1.29, 1.82) is 0 Å². The van der Waals surface area contributed by atoms with Crippen LogP contribution in [-0.4, -0.2) is 47.6 Å². The predicted molar refractivity (Wildman–Crippen MR) is 114 cm³/mol. The Bertz CT molecular complexity index is 974. The lowest BCUT2D eigenvalue weighted by Gasteiger charge is -2.32. The second-order valence-corrected chi connectivity index (χ2v) is 7.89. The molecule has 28 heavy (non-hydrogen) atoms. The number of hydrogen-bond donors (Lipinski definition) is 0. The van der Waals surface area contributed by atoms with Crippen molar-refractivity contribution in [1.82, 2.24) is 14.4 Å².